The number of halogens is 1. The molecule has 0 aliphatic carbocycles. The molecule has 0 fully saturated rings. The molecule has 6 nitrogen and oxygen atoms in total. The molecule has 0 bridgehead atoms. The molecule has 7 heteroatoms. The van der Waals surface area contributed by atoms with Crippen molar-refractivity contribution < 1.29 is 9.59 Å². The van der Waals surface area contributed by atoms with E-state index in [0.717, 1.165) is 4.47 Å². The van der Waals surface area contributed by atoms with Crippen molar-refractivity contribution in [3.8, 4) is 0 Å². The monoisotopic (exact) mass is 422 g/mol. The maximum absolute atomic E-state index is 12.3. The minimum atomic E-state index is -0.388. The number of anilines is 1. The first-order valence-electron chi connectivity index (χ1n) is 8.03. The first kappa shape index (κ1) is 18.5. The summed E-state index contributed by atoms with van der Waals surface area (Å²) in [5.74, 6) is -0.650. The lowest BCUT2D eigenvalue weighted by Gasteiger charge is -2.07. The molecule has 27 heavy (non-hydrogen) atoms. The number of pyridine rings is 1. The van der Waals surface area contributed by atoms with Crippen molar-refractivity contribution in [1.29, 1.82) is 0 Å². The van der Waals surface area contributed by atoms with Gasteiger partial charge in [0.25, 0.3) is 11.8 Å². The molecule has 0 saturated heterocycles. The molecular weight excluding hydrogens is 408 g/mol. The predicted octanol–water partition coefficient (Wildman–Crippen LogP) is 3.86. The highest BCUT2D eigenvalue weighted by molar-refractivity contribution is 9.10. The van der Waals surface area contributed by atoms with E-state index in [1.54, 1.807) is 60.8 Å². The summed E-state index contributed by atoms with van der Waals surface area (Å²) in [4.78, 5) is 28.6. The van der Waals surface area contributed by atoms with Crippen LogP contribution in [0.3, 0.4) is 0 Å². The molecule has 2 N–H and O–H groups in total. The number of hydrazone groups is 1. The topological polar surface area (TPSA) is 83.4 Å². The second kappa shape index (κ2) is 8.86. The van der Waals surface area contributed by atoms with E-state index in [1.165, 1.54) is 6.21 Å². The second-order valence-corrected chi connectivity index (χ2v) is 6.41. The zero-order valence-electron chi connectivity index (χ0n) is 14.1. The van der Waals surface area contributed by atoms with Crippen LogP contribution in [0.1, 0.15) is 26.4 Å². The summed E-state index contributed by atoms with van der Waals surface area (Å²) in [6, 6.07) is 19.1. The molecule has 0 saturated carbocycles. The van der Waals surface area contributed by atoms with E-state index in [9.17, 15) is 9.59 Å². The van der Waals surface area contributed by atoms with Crippen molar-refractivity contribution in [3.05, 3.63) is 94.2 Å². The third-order valence-corrected chi connectivity index (χ3v) is 4.01. The summed E-state index contributed by atoms with van der Waals surface area (Å²) in [6.45, 7) is 0. The zero-order valence-corrected chi connectivity index (χ0v) is 15.7. The number of rotatable bonds is 5. The average molecular weight is 423 g/mol. The van der Waals surface area contributed by atoms with Crippen LogP contribution in [0.4, 0.5) is 5.69 Å². The molecule has 0 radical (unpaired) electrons. The highest BCUT2D eigenvalue weighted by Gasteiger charge is 2.09. The van der Waals surface area contributed by atoms with Crippen LogP contribution in [0, 0.1) is 0 Å². The van der Waals surface area contributed by atoms with Gasteiger partial charge in [-0.15, -0.1) is 0 Å². The van der Waals surface area contributed by atoms with Gasteiger partial charge < -0.3 is 5.32 Å². The molecule has 0 aliphatic heterocycles. The molecule has 3 aromatic rings. The fraction of sp³-hybridized carbons (Fsp3) is 0. The Morgan fingerprint density at radius 2 is 1.70 bits per heavy atom. The first-order chi connectivity index (χ1) is 13.1. The molecular formula is C20H15BrN4O2. The summed E-state index contributed by atoms with van der Waals surface area (Å²) in [6.07, 6.45) is 3.09. The Balaban J connectivity index is 1.65. The van der Waals surface area contributed by atoms with E-state index in [4.69, 9.17) is 0 Å². The lowest BCUT2D eigenvalue weighted by molar-refractivity contribution is 0.0953. The average Bonchev–Trinajstić information content (AvgIpc) is 2.69. The Labute approximate surface area is 164 Å². The molecule has 1 heterocycles. The van der Waals surface area contributed by atoms with Gasteiger partial charge in [-0.25, -0.2) is 5.43 Å². The van der Waals surface area contributed by atoms with Gasteiger partial charge in [-0.1, -0.05) is 34.1 Å². The smallest absolute Gasteiger partial charge is 0.271 e. The first-order valence-corrected chi connectivity index (χ1v) is 8.82. The summed E-state index contributed by atoms with van der Waals surface area (Å²) < 4.78 is 0.814. The van der Waals surface area contributed by atoms with Crippen LogP contribution in [0.2, 0.25) is 0 Å². The van der Waals surface area contributed by atoms with E-state index in [-0.39, 0.29) is 11.8 Å². The Hall–Kier alpha value is -3.32. The lowest BCUT2D eigenvalue weighted by atomic mass is 10.1. The van der Waals surface area contributed by atoms with E-state index in [1.807, 2.05) is 12.1 Å². The van der Waals surface area contributed by atoms with Crippen LogP contribution < -0.4 is 10.7 Å². The van der Waals surface area contributed by atoms with Crippen molar-refractivity contribution in [2.45, 2.75) is 0 Å². The Morgan fingerprint density at radius 3 is 2.44 bits per heavy atom. The van der Waals surface area contributed by atoms with Gasteiger partial charge >= 0.3 is 0 Å². The van der Waals surface area contributed by atoms with E-state index in [2.05, 4.69) is 36.8 Å². The molecule has 0 spiro atoms. The Bertz CT molecular complexity index is 990. The van der Waals surface area contributed by atoms with Gasteiger partial charge in [0.05, 0.1) is 11.9 Å². The maximum Gasteiger partial charge on any atom is 0.271 e. The SMILES string of the molecule is O=C(NN=Cc1ccccn1)c1cccc(NC(=O)c2cccc(Br)c2)c1. The van der Waals surface area contributed by atoms with Crippen LogP contribution in [0.25, 0.3) is 0 Å². The van der Waals surface area contributed by atoms with Crippen LogP contribution in [-0.2, 0) is 0 Å². The standard InChI is InChI=1S/C20H15BrN4O2/c21-16-7-3-5-14(11-16)19(26)24-17-9-4-6-15(12-17)20(27)25-23-13-18-8-1-2-10-22-18/h1-13H,(H,24,26)(H,25,27). The fourth-order valence-corrected chi connectivity index (χ4v) is 2.64. The van der Waals surface area contributed by atoms with Gasteiger partial charge in [0.1, 0.15) is 0 Å². The number of aromatic nitrogens is 1. The van der Waals surface area contributed by atoms with Crippen LogP contribution >= 0.6 is 15.9 Å². The minimum absolute atomic E-state index is 0.262. The number of carbonyl (C=O) groups is 2. The van der Waals surface area contributed by atoms with Gasteiger partial charge in [0.15, 0.2) is 0 Å². The largest absolute Gasteiger partial charge is 0.322 e. The number of nitrogens with one attached hydrogen (secondary N) is 2. The summed E-state index contributed by atoms with van der Waals surface area (Å²) in [5, 5.41) is 6.66. The molecule has 1 aromatic heterocycles. The minimum Gasteiger partial charge on any atom is -0.322 e. The fourth-order valence-electron chi connectivity index (χ4n) is 2.25. The normalized spacial score (nSPS) is 10.6. The van der Waals surface area contributed by atoms with E-state index < -0.39 is 0 Å². The third-order valence-electron chi connectivity index (χ3n) is 3.52. The number of hydrogen-bond donors (Lipinski definition) is 2. The van der Waals surface area contributed by atoms with Gasteiger partial charge in [-0.05, 0) is 48.5 Å². The van der Waals surface area contributed by atoms with Crippen LogP contribution in [-0.4, -0.2) is 23.0 Å². The van der Waals surface area contributed by atoms with Gasteiger partial charge in [-0.3, -0.25) is 14.6 Å². The number of carbonyl (C=O) groups excluding carboxylic acids is 2. The molecule has 134 valence electrons. The number of hydrogen-bond acceptors (Lipinski definition) is 4. The molecule has 2 aromatic carbocycles. The quantitative estimate of drug-likeness (QED) is 0.483. The number of amides is 2. The molecule has 0 aliphatic rings. The van der Waals surface area contributed by atoms with Crippen LogP contribution in [0.15, 0.2) is 82.5 Å². The summed E-state index contributed by atoms with van der Waals surface area (Å²) >= 11 is 3.34. The predicted molar refractivity (Wildman–Crippen MR) is 108 cm³/mol. The lowest BCUT2D eigenvalue weighted by Crippen LogP contribution is -2.18. The van der Waals surface area contributed by atoms with Crippen LogP contribution in [0.5, 0.6) is 0 Å². The van der Waals surface area contributed by atoms with E-state index in [0.29, 0.717) is 22.5 Å². The van der Waals surface area contributed by atoms with Crippen molar-refractivity contribution in [2.75, 3.05) is 5.32 Å². The molecule has 2 amide bonds. The number of benzene rings is 2. The summed E-state index contributed by atoms with van der Waals surface area (Å²) in [5.41, 5.74) is 4.47. The van der Waals surface area contributed by atoms with Crippen molar-refractivity contribution in [3.63, 3.8) is 0 Å². The van der Waals surface area contributed by atoms with Crippen molar-refractivity contribution >= 4 is 39.6 Å². The van der Waals surface area contributed by atoms with Crippen molar-refractivity contribution in [1.82, 2.24) is 10.4 Å². The summed E-state index contributed by atoms with van der Waals surface area (Å²) in [7, 11) is 0. The second-order valence-electron chi connectivity index (χ2n) is 5.50. The highest BCUT2D eigenvalue weighted by Crippen LogP contribution is 2.15. The third kappa shape index (κ3) is 5.32. The van der Waals surface area contributed by atoms with Crippen molar-refractivity contribution in [2.24, 2.45) is 5.10 Å². The maximum atomic E-state index is 12.3. The van der Waals surface area contributed by atoms with E-state index >= 15 is 0 Å². The Kier molecular flexibility index (Phi) is 6.06. The van der Waals surface area contributed by atoms with Gasteiger partial charge in [0.2, 0.25) is 0 Å². The highest BCUT2D eigenvalue weighted by atomic mass is 79.9. The van der Waals surface area contributed by atoms with Gasteiger partial charge in [0, 0.05) is 27.5 Å². The number of nitrogens with zero attached hydrogens (tertiary/aromatic N) is 2. The molecule has 3 rings (SSSR count). The Morgan fingerprint density at radius 1 is 0.926 bits per heavy atom. The zero-order chi connectivity index (χ0) is 19.1. The molecule has 0 atom stereocenters. The van der Waals surface area contributed by atoms with Gasteiger partial charge in [-0.2, -0.15) is 5.10 Å². The molecule has 0 unspecified atom stereocenters.